The molecule has 8 heteroatoms. The van der Waals surface area contributed by atoms with Crippen LogP contribution in [0.25, 0.3) is 0 Å². The summed E-state index contributed by atoms with van der Waals surface area (Å²) in [5.74, 6) is -11.9. The van der Waals surface area contributed by atoms with Crippen molar-refractivity contribution in [2.75, 3.05) is 18.4 Å². The molecule has 1 atom stereocenters. The summed E-state index contributed by atoms with van der Waals surface area (Å²) in [5.41, 5.74) is -1.31. The summed E-state index contributed by atoms with van der Waals surface area (Å²) in [6.07, 6.45) is 1.17. The number of halogens is 5. The maximum atomic E-state index is 13.4. The van der Waals surface area contributed by atoms with Gasteiger partial charge in [0.15, 0.2) is 23.3 Å². The second-order valence-corrected chi connectivity index (χ2v) is 4.48. The molecule has 2 rings (SSSR count). The van der Waals surface area contributed by atoms with Gasteiger partial charge < -0.3 is 10.6 Å². The summed E-state index contributed by atoms with van der Waals surface area (Å²) in [5, 5.41) is 4.69. The van der Waals surface area contributed by atoms with Crippen LogP contribution in [0.1, 0.15) is 12.8 Å². The predicted molar refractivity (Wildman–Crippen MR) is 60.5 cm³/mol. The molecule has 3 nitrogen and oxygen atoms in total. The predicted octanol–water partition coefficient (Wildman–Crippen LogP) is 2.32. The molecule has 1 saturated heterocycles. The van der Waals surface area contributed by atoms with Crippen LogP contribution in [0.4, 0.5) is 27.6 Å². The van der Waals surface area contributed by atoms with E-state index in [0.717, 1.165) is 0 Å². The molecule has 0 bridgehead atoms. The van der Waals surface area contributed by atoms with Gasteiger partial charge in [0, 0.05) is 6.54 Å². The zero-order chi connectivity index (χ0) is 14.9. The number of hydrogen-bond acceptors (Lipinski definition) is 2. The lowest BCUT2D eigenvalue weighted by molar-refractivity contribution is -0.120. The molecule has 1 heterocycles. The van der Waals surface area contributed by atoms with Crippen LogP contribution in [-0.2, 0) is 4.79 Å². The van der Waals surface area contributed by atoms with E-state index in [1.807, 2.05) is 0 Å². The molecule has 2 N–H and O–H groups in total. The van der Waals surface area contributed by atoms with Crippen molar-refractivity contribution in [3.63, 3.8) is 0 Å². The first-order valence-electron chi connectivity index (χ1n) is 5.96. The third kappa shape index (κ3) is 2.60. The largest absolute Gasteiger partial charge is 0.321 e. The van der Waals surface area contributed by atoms with Gasteiger partial charge >= 0.3 is 0 Å². The number of hydrogen-bond donors (Lipinski definition) is 2. The van der Waals surface area contributed by atoms with Gasteiger partial charge in [-0.05, 0) is 19.4 Å². The summed E-state index contributed by atoms with van der Waals surface area (Å²) in [4.78, 5) is 11.8. The number of piperidine rings is 1. The van der Waals surface area contributed by atoms with Gasteiger partial charge in [0.1, 0.15) is 5.69 Å². The zero-order valence-electron chi connectivity index (χ0n) is 10.2. The van der Waals surface area contributed by atoms with Gasteiger partial charge in [0.25, 0.3) is 0 Å². The SMILES string of the molecule is O=C(Nc1c(F)c(F)c(F)c(F)c1F)[C@@H]1CCCNC1. The lowest BCUT2D eigenvalue weighted by Gasteiger charge is -2.22. The van der Waals surface area contributed by atoms with E-state index in [1.165, 1.54) is 0 Å². The maximum Gasteiger partial charge on any atom is 0.228 e. The van der Waals surface area contributed by atoms with E-state index in [2.05, 4.69) is 5.32 Å². The van der Waals surface area contributed by atoms with E-state index < -0.39 is 46.6 Å². The highest BCUT2D eigenvalue weighted by molar-refractivity contribution is 5.93. The molecule has 1 aromatic rings. The Bertz CT molecular complexity index is 514. The highest BCUT2D eigenvalue weighted by Gasteiger charge is 2.29. The number of carbonyl (C=O) groups is 1. The number of benzene rings is 1. The van der Waals surface area contributed by atoms with Gasteiger partial charge in [-0.3, -0.25) is 4.79 Å². The second kappa shape index (κ2) is 5.74. The number of anilines is 1. The highest BCUT2D eigenvalue weighted by Crippen LogP contribution is 2.27. The van der Waals surface area contributed by atoms with Crippen molar-refractivity contribution in [1.82, 2.24) is 5.32 Å². The molecule has 0 radical (unpaired) electrons. The molecule has 1 aromatic carbocycles. The Balaban J connectivity index is 2.27. The first-order chi connectivity index (χ1) is 9.43. The van der Waals surface area contributed by atoms with E-state index in [0.29, 0.717) is 25.9 Å². The summed E-state index contributed by atoms with van der Waals surface area (Å²) >= 11 is 0. The minimum absolute atomic E-state index is 0.293. The molecule has 20 heavy (non-hydrogen) atoms. The van der Waals surface area contributed by atoms with Crippen LogP contribution in [0.15, 0.2) is 0 Å². The molecule has 1 aliphatic heterocycles. The molecule has 0 saturated carbocycles. The normalized spacial score (nSPS) is 18.9. The smallest absolute Gasteiger partial charge is 0.228 e. The zero-order valence-corrected chi connectivity index (χ0v) is 10.2. The Kier molecular flexibility index (Phi) is 4.22. The van der Waals surface area contributed by atoms with E-state index in [4.69, 9.17) is 0 Å². The van der Waals surface area contributed by atoms with Gasteiger partial charge in [0.2, 0.25) is 11.7 Å². The summed E-state index contributed by atoms with van der Waals surface area (Å²) in [7, 11) is 0. The monoisotopic (exact) mass is 294 g/mol. The number of carbonyl (C=O) groups excluding carboxylic acids is 1. The number of amides is 1. The third-order valence-electron chi connectivity index (χ3n) is 3.13. The minimum atomic E-state index is -2.25. The molecule has 0 spiro atoms. The maximum absolute atomic E-state index is 13.4. The summed E-state index contributed by atoms with van der Waals surface area (Å²) < 4.78 is 65.5. The van der Waals surface area contributed by atoms with Crippen molar-refractivity contribution in [2.24, 2.45) is 5.92 Å². The number of nitrogens with one attached hydrogen (secondary N) is 2. The van der Waals surface area contributed by atoms with Gasteiger partial charge in [-0.25, -0.2) is 22.0 Å². The fourth-order valence-corrected chi connectivity index (χ4v) is 2.02. The quantitative estimate of drug-likeness (QED) is 0.499. The van der Waals surface area contributed by atoms with Gasteiger partial charge in [0.05, 0.1) is 5.92 Å². The first-order valence-corrected chi connectivity index (χ1v) is 5.96. The average Bonchev–Trinajstić information content (AvgIpc) is 2.48. The molecular weight excluding hydrogens is 283 g/mol. The molecule has 0 aliphatic carbocycles. The van der Waals surface area contributed by atoms with Crippen LogP contribution in [-0.4, -0.2) is 19.0 Å². The van der Waals surface area contributed by atoms with Crippen molar-refractivity contribution in [2.45, 2.75) is 12.8 Å². The van der Waals surface area contributed by atoms with Crippen molar-refractivity contribution in [3.8, 4) is 0 Å². The van der Waals surface area contributed by atoms with E-state index in [9.17, 15) is 26.7 Å². The van der Waals surface area contributed by atoms with Gasteiger partial charge in [-0.15, -0.1) is 0 Å². The van der Waals surface area contributed by atoms with E-state index >= 15 is 0 Å². The van der Waals surface area contributed by atoms with Crippen LogP contribution in [0, 0.1) is 35.0 Å². The molecule has 1 aliphatic rings. The number of rotatable bonds is 2. The third-order valence-corrected chi connectivity index (χ3v) is 3.13. The minimum Gasteiger partial charge on any atom is -0.321 e. The Labute approximate surface area is 111 Å². The molecule has 110 valence electrons. The van der Waals surface area contributed by atoms with Crippen molar-refractivity contribution < 1.29 is 26.7 Å². The summed E-state index contributed by atoms with van der Waals surface area (Å²) in [6, 6.07) is 0. The van der Waals surface area contributed by atoms with E-state index in [-0.39, 0.29) is 0 Å². The van der Waals surface area contributed by atoms with Crippen molar-refractivity contribution in [3.05, 3.63) is 29.1 Å². The fraction of sp³-hybridized carbons (Fsp3) is 0.417. The van der Waals surface area contributed by atoms with Crippen LogP contribution in [0.2, 0.25) is 0 Å². The molecule has 1 fully saturated rings. The highest BCUT2D eigenvalue weighted by atomic mass is 19.2. The second-order valence-electron chi connectivity index (χ2n) is 4.48. The van der Waals surface area contributed by atoms with Crippen LogP contribution in [0.3, 0.4) is 0 Å². The van der Waals surface area contributed by atoms with Gasteiger partial charge in [-0.2, -0.15) is 0 Å². The van der Waals surface area contributed by atoms with Crippen LogP contribution < -0.4 is 10.6 Å². The van der Waals surface area contributed by atoms with Crippen molar-refractivity contribution in [1.29, 1.82) is 0 Å². The Morgan fingerprint density at radius 2 is 1.55 bits per heavy atom. The van der Waals surface area contributed by atoms with Crippen LogP contribution >= 0.6 is 0 Å². The Hall–Kier alpha value is -1.70. The molecule has 0 aromatic heterocycles. The van der Waals surface area contributed by atoms with Gasteiger partial charge in [-0.1, -0.05) is 0 Å². The Morgan fingerprint density at radius 3 is 2.05 bits per heavy atom. The Morgan fingerprint density at radius 1 is 1.00 bits per heavy atom. The molecule has 1 amide bonds. The molecule has 0 unspecified atom stereocenters. The van der Waals surface area contributed by atoms with Crippen molar-refractivity contribution >= 4 is 11.6 Å². The first kappa shape index (κ1) is 14.7. The lowest BCUT2D eigenvalue weighted by Crippen LogP contribution is -2.37. The topological polar surface area (TPSA) is 41.1 Å². The standard InChI is InChI=1S/C12H11F5N2O/c13-6-7(14)9(16)11(10(17)8(6)15)19-12(20)5-2-1-3-18-4-5/h5,18H,1-4H2,(H,19,20)/t5-/m1/s1. The lowest BCUT2D eigenvalue weighted by atomic mass is 9.99. The summed E-state index contributed by atoms with van der Waals surface area (Å²) in [6.45, 7) is 1.01. The molecular formula is C12H11F5N2O. The van der Waals surface area contributed by atoms with E-state index in [1.54, 1.807) is 5.32 Å². The average molecular weight is 294 g/mol. The fourth-order valence-electron chi connectivity index (χ4n) is 2.02. The van der Waals surface area contributed by atoms with Crippen LogP contribution in [0.5, 0.6) is 0 Å².